The Morgan fingerprint density at radius 1 is 0.938 bits per heavy atom. The van der Waals surface area contributed by atoms with Crippen LogP contribution in [-0.4, -0.2) is 48.8 Å². The van der Waals surface area contributed by atoms with Gasteiger partial charge in [-0.2, -0.15) is 0 Å². The first-order chi connectivity index (χ1) is 15.2. The number of benzene rings is 2. The minimum atomic E-state index is -1.36. The van der Waals surface area contributed by atoms with E-state index in [4.69, 9.17) is 9.47 Å². The summed E-state index contributed by atoms with van der Waals surface area (Å²) in [5.74, 6) is -3.00. The van der Waals surface area contributed by atoms with E-state index in [-0.39, 0.29) is 11.3 Å². The van der Waals surface area contributed by atoms with Gasteiger partial charge in [-0.05, 0) is 24.3 Å². The van der Waals surface area contributed by atoms with Crippen LogP contribution in [0.25, 0.3) is 6.08 Å². The van der Waals surface area contributed by atoms with Gasteiger partial charge < -0.3 is 19.3 Å². The molecule has 2 aromatic rings. The van der Waals surface area contributed by atoms with Crippen LogP contribution >= 0.6 is 0 Å². The van der Waals surface area contributed by atoms with E-state index in [0.717, 1.165) is 18.8 Å². The van der Waals surface area contributed by atoms with Crippen molar-refractivity contribution in [3.63, 3.8) is 0 Å². The summed E-state index contributed by atoms with van der Waals surface area (Å²) < 4.78 is 10.3. The fourth-order valence-corrected chi connectivity index (χ4v) is 3.84. The highest BCUT2D eigenvalue weighted by Crippen LogP contribution is 2.31. The van der Waals surface area contributed by atoms with E-state index in [1.807, 2.05) is 18.2 Å². The molecular formula is C23H23N3O6. The standard InChI is InChI=1S/C23H23N3O6/c1-23(2)31-21(27)19(22(28)32-23)15-16-14-18(26(29)30)8-9-20(16)25-12-10-24(11-13-25)17-6-4-3-5-7-17/h3-9,14-15H,10-13H2,1-2H3. The number of nitro groups is 1. The summed E-state index contributed by atoms with van der Waals surface area (Å²) >= 11 is 0. The third-order valence-electron chi connectivity index (χ3n) is 5.38. The molecule has 0 aromatic heterocycles. The highest BCUT2D eigenvalue weighted by Gasteiger charge is 2.39. The molecule has 0 radical (unpaired) electrons. The maximum absolute atomic E-state index is 12.4. The highest BCUT2D eigenvalue weighted by molar-refractivity contribution is 6.19. The summed E-state index contributed by atoms with van der Waals surface area (Å²) in [5.41, 5.74) is 1.78. The number of hydrogen-bond acceptors (Lipinski definition) is 8. The number of nitrogens with zero attached hydrogens (tertiary/aromatic N) is 3. The first-order valence-electron chi connectivity index (χ1n) is 10.3. The number of esters is 2. The van der Waals surface area contributed by atoms with E-state index in [1.165, 1.54) is 32.1 Å². The van der Waals surface area contributed by atoms with Gasteiger partial charge in [0.2, 0.25) is 0 Å². The van der Waals surface area contributed by atoms with Crippen molar-refractivity contribution >= 4 is 35.1 Å². The number of carbonyl (C=O) groups excluding carboxylic acids is 2. The molecule has 0 unspecified atom stereocenters. The second kappa shape index (κ2) is 8.33. The molecule has 2 aliphatic heterocycles. The Hall–Kier alpha value is -3.88. The lowest BCUT2D eigenvalue weighted by Crippen LogP contribution is -2.46. The second-order valence-corrected chi connectivity index (χ2v) is 8.05. The van der Waals surface area contributed by atoms with Gasteiger partial charge >= 0.3 is 11.9 Å². The minimum absolute atomic E-state index is 0.138. The number of hydrogen-bond donors (Lipinski definition) is 0. The molecule has 166 valence electrons. The number of ether oxygens (including phenoxy) is 2. The van der Waals surface area contributed by atoms with E-state index in [1.54, 1.807) is 6.07 Å². The van der Waals surface area contributed by atoms with Crippen LogP contribution in [0, 0.1) is 10.1 Å². The van der Waals surface area contributed by atoms with Gasteiger partial charge in [0.25, 0.3) is 11.5 Å². The van der Waals surface area contributed by atoms with Crippen LogP contribution in [0.5, 0.6) is 0 Å². The molecule has 9 heteroatoms. The quantitative estimate of drug-likeness (QED) is 0.236. The summed E-state index contributed by atoms with van der Waals surface area (Å²) in [7, 11) is 0. The van der Waals surface area contributed by atoms with Crippen molar-refractivity contribution in [2.75, 3.05) is 36.0 Å². The Morgan fingerprint density at radius 3 is 2.12 bits per heavy atom. The third-order valence-corrected chi connectivity index (χ3v) is 5.38. The van der Waals surface area contributed by atoms with Crippen molar-refractivity contribution in [1.29, 1.82) is 0 Å². The van der Waals surface area contributed by atoms with Crippen molar-refractivity contribution in [1.82, 2.24) is 0 Å². The summed E-state index contributed by atoms with van der Waals surface area (Å²) in [6.45, 7) is 5.79. The second-order valence-electron chi connectivity index (χ2n) is 8.05. The minimum Gasteiger partial charge on any atom is -0.419 e. The first-order valence-corrected chi connectivity index (χ1v) is 10.3. The van der Waals surface area contributed by atoms with Crippen LogP contribution in [0.15, 0.2) is 54.1 Å². The van der Waals surface area contributed by atoms with Gasteiger partial charge in [-0.15, -0.1) is 0 Å². The molecule has 0 spiro atoms. The summed E-state index contributed by atoms with van der Waals surface area (Å²) in [6.07, 6.45) is 1.31. The number of piperazine rings is 1. The van der Waals surface area contributed by atoms with Crippen molar-refractivity contribution in [3.05, 3.63) is 69.8 Å². The molecule has 0 aliphatic carbocycles. The van der Waals surface area contributed by atoms with Crippen LogP contribution in [0.4, 0.5) is 17.1 Å². The number of nitro benzene ring substituents is 1. The van der Waals surface area contributed by atoms with Gasteiger partial charge in [0.1, 0.15) is 5.57 Å². The van der Waals surface area contributed by atoms with Gasteiger partial charge in [-0.25, -0.2) is 9.59 Å². The molecule has 0 N–H and O–H groups in total. The molecule has 32 heavy (non-hydrogen) atoms. The summed E-state index contributed by atoms with van der Waals surface area (Å²) in [6, 6.07) is 14.5. The molecule has 0 saturated carbocycles. The zero-order valence-electron chi connectivity index (χ0n) is 17.8. The number of rotatable bonds is 4. The Bertz CT molecular complexity index is 1070. The predicted molar refractivity (Wildman–Crippen MR) is 118 cm³/mol. The van der Waals surface area contributed by atoms with Gasteiger partial charge in [-0.3, -0.25) is 10.1 Å². The predicted octanol–water partition coefficient (Wildman–Crippen LogP) is 3.14. The Balaban J connectivity index is 1.63. The Kier molecular flexibility index (Phi) is 5.56. The van der Waals surface area contributed by atoms with E-state index in [9.17, 15) is 19.7 Å². The van der Waals surface area contributed by atoms with E-state index in [0.29, 0.717) is 24.3 Å². The molecule has 0 bridgehead atoms. The molecule has 4 rings (SSSR count). The van der Waals surface area contributed by atoms with Crippen LogP contribution < -0.4 is 9.80 Å². The van der Waals surface area contributed by atoms with Gasteiger partial charge in [0.15, 0.2) is 0 Å². The zero-order valence-corrected chi connectivity index (χ0v) is 17.8. The van der Waals surface area contributed by atoms with Gasteiger partial charge in [-0.1, -0.05) is 18.2 Å². The number of anilines is 2. The fourth-order valence-electron chi connectivity index (χ4n) is 3.84. The monoisotopic (exact) mass is 437 g/mol. The largest absolute Gasteiger partial charge is 0.419 e. The van der Waals surface area contributed by atoms with Crippen molar-refractivity contribution in [2.24, 2.45) is 0 Å². The van der Waals surface area contributed by atoms with Crippen molar-refractivity contribution < 1.29 is 24.0 Å². The topological polar surface area (TPSA) is 102 Å². The van der Waals surface area contributed by atoms with Gasteiger partial charge in [0, 0.05) is 69.1 Å². The van der Waals surface area contributed by atoms with Crippen LogP contribution in [-0.2, 0) is 19.1 Å². The SMILES string of the molecule is CC1(C)OC(=O)C(=Cc2cc([N+](=O)[O-])ccc2N2CCN(c3ccccc3)CC2)C(=O)O1. The van der Waals surface area contributed by atoms with E-state index < -0.39 is 22.6 Å². The molecule has 2 saturated heterocycles. The number of carbonyl (C=O) groups is 2. The average Bonchev–Trinajstić information content (AvgIpc) is 2.76. The van der Waals surface area contributed by atoms with Crippen molar-refractivity contribution in [3.8, 4) is 0 Å². The molecule has 2 heterocycles. The maximum atomic E-state index is 12.4. The van der Waals surface area contributed by atoms with Crippen molar-refractivity contribution in [2.45, 2.75) is 19.6 Å². The molecule has 0 atom stereocenters. The Morgan fingerprint density at radius 2 is 1.53 bits per heavy atom. The lowest BCUT2D eigenvalue weighted by atomic mass is 10.1. The number of para-hydroxylation sites is 1. The fraction of sp³-hybridized carbons (Fsp3) is 0.304. The van der Waals surface area contributed by atoms with E-state index >= 15 is 0 Å². The zero-order chi connectivity index (χ0) is 22.9. The maximum Gasteiger partial charge on any atom is 0.348 e. The number of non-ortho nitro benzene ring substituents is 1. The summed E-state index contributed by atoms with van der Waals surface area (Å²) in [5, 5.41) is 11.3. The highest BCUT2D eigenvalue weighted by atomic mass is 16.7. The molecule has 2 fully saturated rings. The smallest absolute Gasteiger partial charge is 0.348 e. The van der Waals surface area contributed by atoms with Crippen LogP contribution in [0.2, 0.25) is 0 Å². The van der Waals surface area contributed by atoms with E-state index in [2.05, 4.69) is 21.9 Å². The Labute approximate surface area is 185 Å². The third kappa shape index (κ3) is 4.41. The molecule has 0 amide bonds. The molecule has 2 aliphatic rings. The summed E-state index contributed by atoms with van der Waals surface area (Å²) in [4.78, 5) is 39.9. The average molecular weight is 437 g/mol. The lowest BCUT2D eigenvalue weighted by molar-refractivity contribution is -0.384. The first kappa shape index (κ1) is 21.4. The lowest BCUT2D eigenvalue weighted by Gasteiger charge is -2.38. The van der Waals surface area contributed by atoms with Crippen LogP contribution in [0.1, 0.15) is 19.4 Å². The molecule has 2 aromatic carbocycles. The molecular weight excluding hydrogens is 414 g/mol. The normalized spacial score (nSPS) is 18.1. The number of cyclic esters (lactones) is 2. The van der Waals surface area contributed by atoms with Crippen LogP contribution in [0.3, 0.4) is 0 Å². The van der Waals surface area contributed by atoms with Gasteiger partial charge in [0.05, 0.1) is 4.92 Å². The molecule has 9 nitrogen and oxygen atoms in total.